The van der Waals surface area contributed by atoms with Gasteiger partial charge in [0, 0.05) is 18.3 Å². The molecular weight excluding hydrogens is 284 g/mol. The van der Waals surface area contributed by atoms with Crippen LogP contribution in [0.25, 0.3) is 10.9 Å². The molecule has 0 amide bonds. The Kier molecular flexibility index (Phi) is 4.20. The van der Waals surface area contributed by atoms with Gasteiger partial charge in [-0.15, -0.1) is 0 Å². The normalized spacial score (nSPS) is 11.2. The van der Waals surface area contributed by atoms with Gasteiger partial charge in [-0.3, -0.25) is 0 Å². The molecule has 0 unspecified atom stereocenters. The fraction of sp³-hybridized carbons (Fsp3) is 0.222. The Balaban J connectivity index is 1.78. The van der Waals surface area contributed by atoms with Crippen LogP contribution in [0.2, 0.25) is 0 Å². The summed E-state index contributed by atoms with van der Waals surface area (Å²) in [6.45, 7) is 0.666. The van der Waals surface area contributed by atoms with E-state index in [4.69, 9.17) is 5.11 Å². The van der Waals surface area contributed by atoms with Gasteiger partial charge >= 0.3 is 0 Å². The summed E-state index contributed by atoms with van der Waals surface area (Å²) in [5.74, 6) is -1.61. The number of aliphatic hydroxyl groups excluding tert-OH is 1. The maximum absolute atomic E-state index is 13.2. The van der Waals surface area contributed by atoms with Crippen LogP contribution in [0.15, 0.2) is 48.7 Å². The van der Waals surface area contributed by atoms with Crippen LogP contribution < -0.4 is 0 Å². The number of aryl methyl sites for hydroxylation is 2. The van der Waals surface area contributed by atoms with Gasteiger partial charge in [0.1, 0.15) is 0 Å². The minimum atomic E-state index is -0.813. The largest absolute Gasteiger partial charge is 0.395 e. The van der Waals surface area contributed by atoms with Crippen molar-refractivity contribution in [2.24, 2.45) is 0 Å². The average molecular weight is 301 g/mol. The van der Waals surface area contributed by atoms with E-state index in [1.165, 1.54) is 12.1 Å². The first kappa shape index (κ1) is 14.7. The zero-order valence-corrected chi connectivity index (χ0v) is 12.1. The molecule has 22 heavy (non-hydrogen) atoms. The average Bonchev–Trinajstić information content (AvgIpc) is 2.91. The van der Waals surface area contributed by atoms with Crippen molar-refractivity contribution in [3.05, 3.63) is 71.4 Å². The molecule has 2 nitrogen and oxygen atoms in total. The maximum Gasteiger partial charge on any atom is 0.159 e. The van der Waals surface area contributed by atoms with Gasteiger partial charge in [-0.05, 0) is 53.6 Å². The number of rotatable bonds is 5. The molecule has 3 rings (SSSR count). The first-order valence-corrected chi connectivity index (χ1v) is 7.30. The lowest BCUT2D eigenvalue weighted by atomic mass is 10.0. The van der Waals surface area contributed by atoms with E-state index >= 15 is 0 Å². The molecule has 0 aliphatic heterocycles. The van der Waals surface area contributed by atoms with Crippen LogP contribution in [0.4, 0.5) is 8.78 Å². The summed E-state index contributed by atoms with van der Waals surface area (Å²) in [5.41, 5.74) is 3.00. The molecule has 114 valence electrons. The van der Waals surface area contributed by atoms with Gasteiger partial charge in [-0.2, -0.15) is 0 Å². The fourth-order valence-electron chi connectivity index (χ4n) is 2.67. The number of nitrogens with zero attached hydrogens (tertiary/aromatic N) is 1. The van der Waals surface area contributed by atoms with Crippen molar-refractivity contribution in [3.8, 4) is 0 Å². The molecule has 1 heterocycles. The monoisotopic (exact) mass is 301 g/mol. The lowest BCUT2D eigenvalue weighted by molar-refractivity contribution is 0.278. The van der Waals surface area contributed by atoms with Gasteiger partial charge in [-0.25, -0.2) is 8.78 Å². The summed E-state index contributed by atoms with van der Waals surface area (Å²) in [7, 11) is 0. The summed E-state index contributed by atoms with van der Waals surface area (Å²) < 4.78 is 28.1. The summed E-state index contributed by atoms with van der Waals surface area (Å²) in [5, 5.41) is 10.2. The molecule has 4 heteroatoms. The summed E-state index contributed by atoms with van der Waals surface area (Å²) in [6, 6.07) is 12.2. The van der Waals surface area contributed by atoms with Crippen molar-refractivity contribution >= 4 is 10.9 Å². The summed E-state index contributed by atoms with van der Waals surface area (Å²) in [6.07, 6.45) is 3.37. The zero-order chi connectivity index (χ0) is 15.5. The second kappa shape index (κ2) is 6.28. The molecule has 0 saturated heterocycles. The van der Waals surface area contributed by atoms with Crippen molar-refractivity contribution in [3.63, 3.8) is 0 Å². The van der Waals surface area contributed by atoms with Crippen molar-refractivity contribution in [1.29, 1.82) is 0 Å². The molecule has 0 atom stereocenters. The predicted octanol–water partition coefficient (Wildman–Crippen LogP) is 3.70. The third-order valence-electron chi connectivity index (χ3n) is 3.87. The van der Waals surface area contributed by atoms with Gasteiger partial charge in [0.05, 0.1) is 6.61 Å². The molecule has 0 fully saturated rings. The Morgan fingerprint density at radius 3 is 2.32 bits per heavy atom. The van der Waals surface area contributed by atoms with Crippen molar-refractivity contribution in [2.75, 3.05) is 6.61 Å². The van der Waals surface area contributed by atoms with E-state index in [2.05, 4.69) is 6.07 Å². The van der Waals surface area contributed by atoms with Gasteiger partial charge < -0.3 is 9.67 Å². The van der Waals surface area contributed by atoms with E-state index in [0.29, 0.717) is 13.0 Å². The third-order valence-corrected chi connectivity index (χ3v) is 3.87. The fourth-order valence-corrected chi connectivity index (χ4v) is 2.67. The van der Waals surface area contributed by atoms with Crippen molar-refractivity contribution < 1.29 is 13.9 Å². The molecule has 2 aromatic carbocycles. The van der Waals surface area contributed by atoms with E-state index < -0.39 is 11.6 Å². The number of halogens is 2. The SMILES string of the molecule is OCCn1ccc2ccc(CCc3ccc(F)c(F)c3)cc21. The van der Waals surface area contributed by atoms with Crippen LogP contribution in [0.3, 0.4) is 0 Å². The van der Waals surface area contributed by atoms with Crippen LogP contribution in [0.5, 0.6) is 0 Å². The number of aromatic nitrogens is 1. The van der Waals surface area contributed by atoms with Gasteiger partial charge in [0.15, 0.2) is 11.6 Å². The summed E-state index contributed by atoms with van der Waals surface area (Å²) in [4.78, 5) is 0. The molecule has 0 spiro atoms. The number of aliphatic hydroxyl groups is 1. The van der Waals surface area contributed by atoms with Crippen LogP contribution in [-0.2, 0) is 19.4 Å². The van der Waals surface area contributed by atoms with E-state index in [0.717, 1.165) is 28.5 Å². The second-order valence-electron chi connectivity index (χ2n) is 5.37. The molecule has 0 aliphatic carbocycles. The molecule has 0 bridgehead atoms. The number of hydrogen-bond donors (Lipinski definition) is 1. The van der Waals surface area contributed by atoms with Crippen LogP contribution in [0.1, 0.15) is 11.1 Å². The Bertz CT molecular complexity index is 795. The number of hydrogen-bond acceptors (Lipinski definition) is 1. The Morgan fingerprint density at radius 1 is 0.864 bits per heavy atom. The second-order valence-corrected chi connectivity index (χ2v) is 5.37. The van der Waals surface area contributed by atoms with E-state index in [-0.39, 0.29) is 6.61 Å². The smallest absolute Gasteiger partial charge is 0.159 e. The van der Waals surface area contributed by atoms with Crippen molar-refractivity contribution in [1.82, 2.24) is 4.57 Å². The van der Waals surface area contributed by atoms with Crippen LogP contribution in [0, 0.1) is 11.6 Å². The standard InChI is InChI=1S/C18H17F2NO/c19-16-6-4-13(11-17(16)20)1-2-14-3-5-15-7-8-21(9-10-22)18(15)12-14/h3-8,11-12,22H,1-2,9-10H2. The predicted molar refractivity (Wildman–Crippen MR) is 82.8 cm³/mol. The Hall–Kier alpha value is -2.20. The minimum Gasteiger partial charge on any atom is -0.395 e. The molecular formula is C18H17F2NO. The van der Waals surface area contributed by atoms with Crippen molar-refractivity contribution in [2.45, 2.75) is 19.4 Å². The highest BCUT2D eigenvalue weighted by Gasteiger charge is 2.05. The van der Waals surface area contributed by atoms with Gasteiger partial charge in [0.2, 0.25) is 0 Å². The molecule has 0 saturated carbocycles. The molecule has 1 aromatic heterocycles. The summed E-state index contributed by atoms with van der Waals surface area (Å²) >= 11 is 0. The zero-order valence-electron chi connectivity index (χ0n) is 12.1. The maximum atomic E-state index is 13.2. The molecule has 0 aliphatic rings. The van der Waals surface area contributed by atoms with E-state index in [9.17, 15) is 8.78 Å². The molecule has 0 radical (unpaired) electrons. The number of benzene rings is 2. The highest BCUT2D eigenvalue weighted by Crippen LogP contribution is 2.19. The van der Waals surface area contributed by atoms with Crippen LogP contribution in [-0.4, -0.2) is 16.3 Å². The van der Waals surface area contributed by atoms with E-state index in [1.807, 2.05) is 29.0 Å². The van der Waals surface area contributed by atoms with Crippen LogP contribution >= 0.6 is 0 Å². The Morgan fingerprint density at radius 2 is 1.59 bits per heavy atom. The lowest BCUT2D eigenvalue weighted by Gasteiger charge is -2.06. The molecule has 3 aromatic rings. The van der Waals surface area contributed by atoms with Gasteiger partial charge in [0.25, 0.3) is 0 Å². The first-order chi connectivity index (χ1) is 10.7. The quantitative estimate of drug-likeness (QED) is 0.764. The topological polar surface area (TPSA) is 25.2 Å². The third kappa shape index (κ3) is 3.02. The minimum absolute atomic E-state index is 0.100. The van der Waals surface area contributed by atoms with E-state index in [1.54, 1.807) is 6.07 Å². The number of fused-ring (bicyclic) bond motifs is 1. The first-order valence-electron chi connectivity index (χ1n) is 7.30. The Labute approximate surface area is 127 Å². The molecule has 1 N–H and O–H groups in total. The lowest BCUT2D eigenvalue weighted by Crippen LogP contribution is -2.00. The highest BCUT2D eigenvalue weighted by molar-refractivity contribution is 5.80. The highest BCUT2D eigenvalue weighted by atomic mass is 19.2. The van der Waals surface area contributed by atoms with Gasteiger partial charge in [-0.1, -0.05) is 18.2 Å².